The predicted molar refractivity (Wildman–Crippen MR) is 68.2 cm³/mol. The van der Waals surface area contributed by atoms with Gasteiger partial charge in [-0.2, -0.15) is 0 Å². The minimum Gasteiger partial charge on any atom is -0.382 e. The SMILES string of the molecule is CCOCCCNC(=O)C1CCn2ccnc2C1. The molecule has 100 valence electrons. The lowest BCUT2D eigenvalue weighted by molar-refractivity contribution is -0.125. The summed E-state index contributed by atoms with van der Waals surface area (Å²) in [6.07, 6.45) is 6.31. The topological polar surface area (TPSA) is 56.1 Å². The lowest BCUT2D eigenvalue weighted by Crippen LogP contribution is -2.36. The molecular weight excluding hydrogens is 230 g/mol. The van der Waals surface area contributed by atoms with Crippen molar-refractivity contribution in [1.82, 2.24) is 14.9 Å². The van der Waals surface area contributed by atoms with Gasteiger partial charge in [-0.25, -0.2) is 4.98 Å². The molecule has 1 aromatic rings. The highest BCUT2D eigenvalue weighted by molar-refractivity contribution is 5.78. The minimum absolute atomic E-state index is 0.0759. The van der Waals surface area contributed by atoms with Crippen molar-refractivity contribution in [1.29, 1.82) is 0 Å². The van der Waals surface area contributed by atoms with E-state index in [4.69, 9.17) is 4.74 Å². The van der Waals surface area contributed by atoms with Crippen LogP contribution in [0.4, 0.5) is 0 Å². The Balaban J connectivity index is 1.71. The number of hydrogen-bond acceptors (Lipinski definition) is 3. The first-order chi connectivity index (χ1) is 8.81. The van der Waals surface area contributed by atoms with Gasteiger partial charge in [0.15, 0.2) is 0 Å². The second-order valence-electron chi connectivity index (χ2n) is 4.57. The molecule has 0 aliphatic carbocycles. The van der Waals surface area contributed by atoms with Gasteiger partial charge < -0.3 is 14.6 Å². The second kappa shape index (κ2) is 6.54. The Morgan fingerprint density at radius 1 is 1.67 bits per heavy atom. The maximum Gasteiger partial charge on any atom is 0.223 e. The van der Waals surface area contributed by atoms with Gasteiger partial charge in [-0.05, 0) is 19.8 Å². The van der Waals surface area contributed by atoms with Crippen LogP contribution in [0.2, 0.25) is 0 Å². The van der Waals surface area contributed by atoms with Gasteiger partial charge in [-0.15, -0.1) is 0 Å². The van der Waals surface area contributed by atoms with E-state index in [1.54, 1.807) is 6.20 Å². The van der Waals surface area contributed by atoms with E-state index in [-0.39, 0.29) is 11.8 Å². The van der Waals surface area contributed by atoms with E-state index >= 15 is 0 Å². The summed E-state index contributed by atoms with van der Waals surface area (Å²) in [7, 11) is 0. The highest BCUT2D eigenvalue weighted by Crippen LogP contribution is 2.18. The molecule has 1 aliphatic heterocycles. The molecule has 5 heteroatoms. The average molecular weight is 251 g/mol. The van der Waals surface area contributed by atoms with Gasteiger partial charge >= 0.3 is 0 Å². The Morgan fingerprint density at radius 2 is 2.56 bits per heavy atom. The maximum absolute atomic E-state index is 12.0. The molecule has 2 rings (SSSR count). The van der Waals surface area contributed by atoms with Crippen molar-refractivity contribution in [2.24, 2.45) is 5.92 Å². The van der Waals surface area contributed by atoms with Gasteiger partial charge in [0.05, 0.1) is 0 Å². The van der Waals surface area contributed by atoms with Crippen LogP contribution < -0.4 is 5.32 Å². The smallest absolute Gasteiger partial charge is 0.223 e. The fourth-order valence-corrected chi connectivity index (χ4v) is 2.25. The largest absolute Gasteiger partial charge is 0.382 e. The lowest BCUT2D eigenvalue weighted by atomic mass is 9.97. The lowest BCUT2D eigenvalue weighted by Gasteiger charge is -2.22. The van der Waals surface area contributed by atoms with E-state index in [2.05, 4.69) is 14.9 Å². The number of fused-ring (bicyclic) bond motifs is 1. The molecule has 1 aromatic heterocycles. The van der Waals surface area contributed by atoms with Gasteiger partial charge in [0.25, 0.3) is 0 Å². The fraction of sp³-hybridized carbons (Fsp3) is 0.692. The molecule has 0 spiro atoms. The Labute approximate surface area is 108 Å². The van der Waals surface area contributed by atoms with Crippen LogP contribution in [0.5, 0.6) is 0 Å². The summed E-state index contributed by atoms with van der Waals surface area (Å²) in [5.41, 5.74) is 0. The van der Waals surface area contributed by atoms with Gasteiger partial charge in [-0.3, -0.25) is 4.79 Å². The molecular formula is C13H21N3O2. The number of aryl methyl sites for hydroxylation is 1. The van der Waals surface area contributed by atoms with E-state index in [0.29, 0.717) is 13.2 Å². The molecule has 1 amide bonds. The van der Waals surface area contributed by atoms with Crippen LogP contribution in [0.1, 0.15) is 25.6 Å². The summed E-state index contributed by atoms with van der Waals surface area (Å²) in [5.74, 6) is 1.25. The Bertz CT molecular complexity index is 389. The molecule has 0 saturated heterocycles. The number of nitrogens with one attached hydrogen (secondary N) is 1. The van der Waals surface area contributed by atoms with Crippen molar-refractivity contribution in [2.45, 2.75) is 32.7 Å². The van der Waals surface area contributed by atoms with Crippen LogP contribution in [0.3, 0.4) is 0 Å². The quantitative estimate of drug-likeness (QED) is 0.767. The number of hydrogen-bond donors (Lipinski definition) is 1. The normalized spacial score (nSPS) is 18.4. The standard InChI is InChI=1S/C13H21N3O2/c1-2-18-9-3-5-15-13(17)11-4-7-16-8-6-14-12(16)10-11/h6,8,11H,2-5,7,9-10H2,1H3,(H,15,17). The van der Waals surface area contributed by atoms with Crippen molar-refractivity contribution in [2.75, 3.05) is 19.8 Å². The van der Waals surface area contributed by atoms with Gasteiger partial charge in [0.2, 0.25) is 5.91 Å². The monoisotopic (exact) mass is 251 g/mol. The molecule has 18 heavy (non-hydrogen) atoms. The number of nitrogens with zero attached hydrogens (tertiary/aromatic N) is 2. The first-order valence-corrected chi connectivity index (χ1v) is 6.66. The zero-order valence-corrected chi connectivity index (χ0v) is 10.9. The van der Waals surface area contributed by atoms with Crippen molar-refractivity contribution in [3.8, 4) is 0 Å². The number of imidazole rings is 1. The maximum atomic E-state index is 12.0. The van der Waals surface area contributed by atoms with E-state index in [1.165, 1.54) is 0 Å². The van der Waals surface area contributed by atoms with Crippen molar-refractivity contribution < 1.29 is 9.53 Å². The molecule has 0 aromatic carbocycles. The molecule has 0 radical (unpaired) electrons. The van der Waals surface area contributed by atoms with Crippen LogP contribution >= 0.6 is 0 Å². The van der Waals surface area contributed by atoms with Crippen LogP contribution in [-0.2, 0) is 22.5 Å². The fourth-order valence-electron chi connectivity index (χ4n) is 2.25. The summed E-state index contributed by atoms with van der Waals surface area (Å²) >= 11 is 0. The highest BCUT2D eigenvalue weighted by Gasteiger charge is 2.24. The van der Waals surface area contributed by atoms with Gasteiger partial charge in [0, 0.05) is 51.0 Å². The zero-order valence-electron chi connectivity index (χ0n) is 10.9. The Hall–Kier alpha value is -1.36. The van der Waals surface area contributed by atoms with E-state index in [9.17, 15) is 4.79 Å². The third kappa shape index (κ3) is 3.32. The number of aromatic nitrogens is 2. The molecule has 1 N–H and O–H groups in total. The highest BCUT2D eigenvalue weighted by atomic mass is 16.5. The van der Waals surface area contributed by atoms with Gasteiger partial charge in [0.1, 0.15) is 5.82 Å². The minimum atomic E-state index is 0.0759. The number of ether oxygens (including phenoxy) is 1. The number of rotatable bonds is 6. The van der Waals surface area contributed by atoms with E-state index < -0.39 is 0 Å². The van der Waals surface area contributed by atoms with E-state index in [0.717, 1.165) is 38.2 Å². The van der Waals surface area contributed by atoms with Crippen molar-refractivity contribution >= 4 is 5.91 Å². The molecule has 0 fully saturated rings. The summed E-state index contributed by atoms with van der Waals surface area (Å²) in [6.45, 7) is 5.02. The Morgan fingerprint density at radius 3 is 3.39 bits per heavy atom. The molecule has 0 saturated carbocycles. The molecule has 0 bridgehead atoms. The number of amides is 1. The van der Waals surface area contributed by atoms with Crippen LogP contribution in [0.25, 0.3) is 0 Å². The van der Waals surface area contributed by atoms with Crippen LogP contribution in [-0.4, -0.2) is 35.2 Å². The predicted octanol–water partition coefficient (Wildman–Crippen LogP) is 0.988. The molecule has 1 unspecified atom stereocenters. The van der Waals surface area contributed by atoms with Gasteiger partial charge in [-0.1, -0.05) is 0 Å². The van der Waals surface area contributed by atoms with Crippen LogP contribution in [0.15, 0.2) is 12.4 Å². The number of carbonyl (C=O) groups is 1. The summed E-state index contributed by atoms with van der Waals surface area (Å²) in [5, 5.41) is 2.98. The van der Waals surface area contributed by atoms with Crippen LogP contribution in [0, 0.1) is 5.92 Å². The Kier molecular flexibility index (Phi) is 4.75. The number of carbonyl (C=O) groups excluding carboxylic acids is 1. The molecule has 2 heterocycles. The average Bonchev–Trinajstić information content (AvgIpc) is 2.85. The second-order valence-corrected chi connectivity index (χ2v) is 4.57. The van der Waals surface area contributed by atoms with Crippen molar-refractivity contribution in [3.63, 3.8) is 0 Å². The summed E-state index contributed by atoms with van der Waals surface area (Å²) < 4.78 is 7.36. The summed E-state index contributed by atoms with van der Waals surface area (Å²) in [6, 6.07) is 0. The molecule has 5 nitrogen and oxygen atoms in total. The summed E-state index contributed by atoms with van der Waals surface area (Å²) in [4.78, 5) is 16.2. The third-order valence-corrected chi connectivity index (χ3v) is 3.29. The molecule has 1 aliphatic rings. The zero-order chi connectivity index (χ0) is 12.8. The van der Waals surface area contributed by atoms with E-state index in [1.807, 2.05) is 13.1 Å². The molecule has 1 atom stereocenters. The first kappa shape index (κ1) is 13.1. The first-order valence-electron chi connectivity index (χ1n) is 6.66. The van der Waals surface area contributed by atoms with Crippen molar-refractivity contribution in [3.05, 3.63) is 18.2 Å². The third-order valence-electron chi connectivity index (χ3n) is 3.29.